The van der Waals surface area contributed by atoms with Crippen LogP contribution in [0.25, 0.3) is 0 Å². The molecule has 0 saturated carbocycles. The van der Waals surface area contributed by atoms with Crippen LogP contribution >= 0.6 is 69.9 Å². The van der Waals surface area contributed by atoms with Gasteiger partial charge in [0.15, 0.2) is 0 Å². The van der Waals surface area contributed by atoms with Crippen LogP contribution in [0.3, 0.4) is 0 Å². The highest BCUT2D eigenvalue weighted by atomic mass is 127. The SMILES string of the molecule is O=P(O)(O)OP(=O)(O)OP(=O)(O)OP(=O)(O)OP(=O)(Oc1ccccc1)OP(=O)(OI)Oc1ccccc1. The van der Waals surface area contributed by atoms with Gasteiger partial charge in [0.05, 0.1) is 0 Å². The molecular weight excluding hydrogens is 761 g/mol. The van der Waals surface area contributed by atoms with Gasteiger partial charge in [-0.25, -0.2) is 30.2 Å². The Morgan fingerprint density at radius 3 is 1.26 bits per heavy atom. The van der Waals surface area contributed by atoms with E-state index in [0.717, 1.165) is 35.1 Å². The van der Waals surface area contributed by atoms with Crippen LogP contribution in [0.1, 0.15) is 0 Å². The first-order chi connectivity index (χ1) is 17.3. The highest BCUT2D eigenvalue weighted by Crippen LogP contribution is 2.76. The number of hydrogen-bond donors (Lipinski definition) is 5. The van der Waals surface area contributed by atoms with Gasteiger partial charge in [-0.15, -0.1) is 0 Å². The zero-order chi connectivity index (χ0) is 28.9. The van der Waals surface area contributed by atoms with Crippen LogP contribution in [0.5, 0.6) is 11.5 Å². The lowest BCUT2D eigenvalue weighted by atomic mass is 10.3. The first kappa shape index (κ1) is 33.9. The van der Waals surface area contributed by atoms with Gasteiger partial charge >= 0.3 is 46.9 Å². The molecule has 0 heterocycles. The van der Waals surface area contributed by atoms with Crippen molar-refractivity contribution >= 4 is 69.9 Å². The van der Waals surface area contributed by atoms with Gasteiger partial charge in [-0.2, -0.15) is 21.6 Å². The summed E-state index contributed by atoms with van der Waals surface area (Å²) >= 11 is 1.000. The van der Waals surface area contributed by atoms with E-state index in [-0.39, 0.29) is 5.75 Å². The van der Waals surface area contributed by atoms with Gasteiger partial charge < -0.3 is 33.5 Å². The van der Waals surface area contributed by atoms with Crippen LogP contribution < -0.4 is 9.05 Å². The zero-order valence-electron chi connectivity index (χ0n) is 17.8. The Balaban J connectivity index is 2.34. The van der Waals surface area contributed by atoms with Crippen LogP contribution in [-0.2, 0) is 51.8 Å². The summed E-state index contributed by atoms with van der Waals surface area (Å²) in [5, 5.41) is 0. The molecule has 0 saturated heterocycles. The summed E-state index contributed by atoms with van der Waals surface area (Å²) in [4.78, 5) is 45.6. The standard InChI is InChI=1S/C12H15IO19P6/c13-27-37(23,25-11-7-3-1-4-8-11)32-38(24,26-12-9-5-2-6-10-12)31-36(21,22)30-35(19,20)29-34(17,18)28-33(14,15)16/h1-10H,(H,17,18)(H,19,20)(H,21,22)(H2,14,15,16). The fourth-order valence-corrected chi connectivity index (χ4v) is 10.9. The summed E-state index contributed by atoms with van der Waals surface area (Å²) in [5.41, 5.74) is 0. The first-order valence-corrected chi connectivity index (χ1v) is 18.7. The Labute approximate surface area is 226 Å². The topological polar surface area (TPSA) is 277 Å². The predicted molar refractivity (Wildman–Crippen MR) is 131 cm³/mol. The number of phosphoric acid groups is 6. The lowest BCUT2D eigenvalue weighted by Gasteiger charge is -2.23. The average Bonchev–Trinajstić information content (AvgIpc) is 2.70. The molecular formula is C12H15IO19P6. The molecule has 5 N–H and O–H groups in total. The van der Waals surface area contributed by atoms with Gasteiger partial charge in [0, 0.05) is 0 Å². The van der Waals surface area contributed by atoms with Crippen molar-refractivity contribution in [2.45, 2.75) is 0 Å². The second-order valence-electron chi connectivity index (χ2n) is 6.08. The zero-order valence-corrected chi connectivity index (χ0v) is 25.3. The lowest BCUT2D eigenvalue weighted by Crippen LogP contribution is -2.05. The van der Waals surface area contributed by atoms with Crippen LogP contribution in [-0.4, -0.2) is 24.5 Å². The largest absolute Gasteiger partial charge is 0.549 e. The molecule has 0 aliphatic carbocycles. The normalized spacial score (nSPS) is 20.1. The van der Waals surface area contributed by atoms with Crippen molar-refractivity contribution in [2.24, 2.45) is 0 Å². The molecule has 0 radical (unpaired) electrons. The van der Waals surface area contributed by atoms with E-state index in [0.29, 0.717) is 0 Å². The van der Waals surface area contributed by atoms with Crippen molar-refractivity contribution in [3.8, 4) is 11.5 Å². The van der Waals surface area contributed by atoms with Gasteiger partial charge in [0.2, 0.25) is 0 Å². The molecule has 19 nitrogen and oxygen atoms in total. The third kappa shape index (κ3) is 12.5. The third-order valence-corrected chi connectivity index (χ3v) is 13.7. The fraction of sp³-hybridized carbons (Fsp3) is 0. The first-order valence-electron chi connectivity index (χ1n) is 8.85. The van der Waals surface area contributed by atoms with E-state index >= 15 is 0 Å². The van der Waals surface area contributed by atoms with Gasteiger partial charge in [-0.05, 0) is 24.3 Å². The minimum atomic E-state index is -6.29. The minimum absolute atomic E-state index is 0.181. The van der Waals surface area contributed by atoms with Crippen molar-refractivity contribution in [3.05, 3.63) is 60.7 Å². The van der Waals surface area contributed by atoms with Crippen LogP contribution in [0, 0.1) is 0 Å². The molecule has 0 amide bonds. The van der Waals surface area contributed by atoms with Gasteiger partial charge in [0.1, 0.15) is 34.5 Å². The summed E-state index contributed by atoms with van der Waals surface area (Å²) in [6.45, 7) is 0. The van der Waals surface area contributed by atoms with Crippen molar-refractivity contribution in [3.63, 3.8) is 0 Å². The number of hydrogen-bond acceptors (Lipinski definition) is 14. The summed E-state index contributed by atoms with van der Waals surface area (Å²) in [6.07, 6.45) is 0. The number of rotatable bonds is 15. The van der Waals surface area contributed by atoms with Crippen LogP contribution in [0.4, 0.5) is 0 Å². The van der Waals surface area contributed by atoms with Crippen LogP contribution in [0.2, 0.25) is 0 Å². The Morgan fingerprint density at radius 1 is 0.500 bits per heavy atom. The lowest BCUT2D eigenvalue weighted by molar-refractivity contribution is 0.188. The summed E-state index contributed by atoms with van der Waals surface area (Å²) in [6, 6.07) is 13.2. The highest BCUT2D eigenvalue weighted by molar-refractivity contribution is 14.1. The van der Waals surface area contributed by atoms with Gasteiger partial charge in [-0.1, -0.05) is 36.4 Å². The average molecular weight is 776 g/mol. The highest BCUT2D eigenvalue weighted by Gasteiger charge is 2.52. The van der Waals surface area contributed by atoms with Crippen LogP contribution in [0.15, 0.2) is 60.7 Å². The molecule has 0 aliphatic rings. The van der Waals surface area contributed by atoms with E-state index in [1.165, 1.54) is 42.5 Å². The van der Waals surface area contributed by atoms with E-state index in [4.69, 9.17) is 23.7 Å². The molecule has 0 bridgehead atoms. The molecule has 2 aromatic rings. The van der Waals surface area contributed by atoms with E-state index < -0.39 is 52.7 Å². The Kier molecular flexibility index (Phi) is 11.7. The summed E-state index contributed by atoms with van der Waals surface area (Å²) in [7, 11) is -35.2. The van der Waals surface area contributed by atoms with E-state index in [1.807, 2.05) is 0 Å². The molecule has 2 aromatic carbocycles. The molecule has 38 heavy (non-hydrogen) atoms. The molecule has 0 fully saturated rings. The number of halogens is 1. The molecule has 0 spiro atoms. The second kappa shape index (κ2) is 13.1. The number of para-hydroxylation sites is 2. The summed E-state index contributed by atoms with van der Waals surface area (Å²) in [5.74, 6) is -0.590. The quantitative estimate of drug-likeness (QED) is 0.115. The summed E-state index contributed by atoms with van der Waals surface area (Å²) < 4.78 is 106. The number of benzene rings is 2. The molecule has 26 heteroatoms. The maximum absolute atomic E-state index is 13.3. The van der Waals surface area contributed by atoms with E-state index in [2.05, 4.69) is 24.4 Å². The maximum Gasteiger partial charge on any atom is 0.549 e. The molecule has 5 atom stereocenters. The van der Waals surface area contributed by atoms with Gasteiger partial charge in [0.25, 0.3) is 0 Å². The molecule has 214 valence electrons. The Morgan fingerprint density at radius 2 is 0.868 bits per heavy atom. The molecule has 2 rings (SSSR count). The molecule has 0 aliphatic heterocycles. The smallest absolute Gasteiger partial charge is 0.403 e. The van der Waals surface area contributed by atoms with E-state index in [9.17, 15) is 37.2 Å². The fourth-order valence-electron chi connectivity index (χ4n) is 2.00. The van der Waals surface area contributed by atoms with Crippen molar-refractivity contribution in [2.75, 3.05) is 0 Å². The Bertz CT molecular complexity index is 1380. The monoisotopic (exact) mass is 776 g/mol. The Hall–Kier alpha value is -0.290. The predicted octanol–water partition coefficient (Wildman–Crippen LogP) is 5.20. The molecule has 5 unspecified atom stereocenters. The third-order valence-electron chi connectivity index (χ3n) is 3.03. The van der Waals surface area contributed by atoms with Crippen molar-refractivity contribution < 1.29 is 85.3 Å². The van der Waals surface area contributed by atoms with Gasteiger partial charge in [-0.3, -0.25) is 0 Å². The molecule has 0 aromatic heterocycles. The van der Waals surface area contributed by atoms with Crippen molar-refractivity contribution in [1.29, 1.82) is 0 Å². The van der Waals surface area contributed by atoms with Crippen molar-refractivity contribution in [1.82, 2.24) is 0 Å². The minimum Gasteiger partial charge on any atom is -0.403 e. The van der Waals surface area contributed by atoms with E-state index in [1.54, 1.807) is 6.07 Å². The maximum atomic E-state index is 13.3. The second-order valence-corrected chi connectivity index (χ2v) is 16.6.